The van der Waals surface area contributed by atoms with Crippen LogP contribution in [0.3, 0.4) is 0 Å². The molecule has 0 radical (unpaired) electrons. The van der Waals surface area contributed by atoms with Crippen LogP contribution in [0, 0.1) is 5.82 Å². The van der Waals surface area contributed by atoms with Gasteiger partial charge in [0.1, 0.15) is 5.82 Å². The average Bonchev–Trinajstić information content (AvgIpc) is 2.78. The number of nitrogens with zero attached hydrogens (tertiary/aromatic N) is 1. The number of carbonyl (C=O) groups is 3. The molecular formula is C24H20FNO4. The summed E-state index contributed by atoms with van der Waals surface area (Å²) in [5.41, 5.74) is 1.12. The summed E-state index contributed by atoms with van der Waals surface area (Å²) in [4.78, 5) is 39.6. The lowest BCUT2D eigenvalue weighted by Gasteiger charge is -2.19. The lowest BCUT2D eigenvalue weighted by atomic mass is 10.1. The zero-order valence-corrected chi connectivity index (χ0v) is 16.5. The molecule has 30 heavy (non-hydrogen) atoms. The van der Waals surface area contributed by atoms with Crippen molar-refractivity contribution in [3.05, 3.63) is 101 Å². The Morgan fingerprint density at radius 2 is 1.40 bits per heavy atom. The Morgan fingerprint density at radius 3 is 2.03 bits per heavy atom. The number of ketones is 1. The predicted molar refractivity (Wildman–Crippen MR) is 111 cm³/mol. The van der Waals surface area contributed by atoms with Crippen molar-refractivity contribution in [1.82, 2.24) is 0 Å². The van der Waals surface area contributed by atoms with Crippen LogP contribution in [0.25, 0.3) is 0 Å². The van der Waals surface area contributed by atoms with Gasteiger partial charge in [-0.3, -0.25) is 9.59 Å². The minimum atomic E-state index is -1.10. The second-order valence-corrected chi connectivity index (χ2v) is 6.66. The number of amides is 1. The maximum absolute atomic E-state index is 13.1. The van der Waals surface area contributed by atoms with Gasteiger partial charge in [-0.25, -0.2) is 9.18 Å². The number of ether oxygens (including phenoxy) is 1. The molecule has 0 bridgehead atoms. The molecule has 5 nitrogen and oxygen atoms in total. The van der Waals surface area contributed by atoms with Gasteiger partial charge < -0.3 is 9.64 Å². The quantitative estimate of drug-likeness (QED) is 0.446. The lowest BCUT2D eigenvalue weighted by molar-refractivity contribution is 0.0317. The molecule has 0 saturated carbocycles. The van der Waals surface area contributed by atoms with Gasteiger partial charge in [-0.15, -0.1) is 0 Å². The van der Waals surface area contributed by atoms with Crippen LogP contribution in [0.5, 0.6) is 0 Å². The molecule has 1 unspecified atom stereocenters. The highest BCUT2D eigenvalue weighted by molar-refractivity contribution is 6.12. The number of para-hydroxylation sites is 1. The average molecular weight is 405 g/mol. The van der Waals surface area contributed by atoms with Crippen LogP contribution >= 0.6 is 0 Å². The number of hydrogen-bond acceptors (Lipinski definition) is 4. The number of benzene rings is 3. The van der Waals surface area contributed by atoms with E-state index in [0.29, 0.717) is 5.69 Å². The first-order valence-corrected chi connectivity index (χ1v) is 9.31. The van der Waals surface area contributed by atoms with Gasteiger partial charge in [-0.2, -0.15) is 0 Å². The Bertz CT molecular complexity index is 1060. The molecule has 3 rings (SSSR count). The third-order valence-electron chi connectivity index (χ3n) is 4.61. The largest absolute Gasteiger partial charge is 0.451 e. The molecule has 6 heteroatoms. The second kappa shape index (κ2) is 9.13. The zero-order chi connectivity index (χ0) is 21.7. The normalized spacial score (nSPS) is 11.4. The first kappa shape index (κ1) is 20.9. The van der Waals surface area contributed by atoms with Gasteiger partial charge in [-0.1, -0.05) is 30.3 Å². The van der Waals surface area contributed by atoms with Gasteiger partial charge in [-0.05, 0) is 55.5 Å². The molecule has 0 aliphatic carbocycles. The molecule has 0 heterocycles. The molecule has 3 aromatic carbocycles. The molecule has 3 aromatic rings. The number of rotatable bonds is 6. The maximum Gasteiger partial charge on any atom is 0.339 e. The molecule has 0 N–H and O–H groups in total. The summed E-state index contributed by atoms with van der Waals surface area (Å²) < 4.78 is 18.4. The highest BCUT2D eigenvalue weighted by atomic mass is 19.1. The van der Waals surface area contributed by atoms with E-state index in [9.17, 15) is 18.8 Å². The third kappa shape index (κ3) is 4.60. The summed E-state index contributed by atoms with van der Waals surface area (Å²) in [6.45, 7) is 1.43. The molecular weight excluding hydrogens is 385 g/mol. The van der Waals surface area contributed by atoms with Crippen molar-refractivity contribution in [1.29, 1.82) is 0 Å². The molecule has 0 saturated heterocycles. The molecule has 1 amide bonds. The van der Waals surface area contributed by atoms with Crippen LogP contribution in [0.4, 0.5) is 10.1 Å². The van der Waals surface area contributed by atoms with Gasteiger partial charge in [0.2, 0.25) is 5.78 Å². The number of anilines is 1. The Hall–Kier alpha value is -3.80. The zero-order valence-electron chi connectivity index (χ0n) is 16.5. The summed E-state index contributed by atoms with van der Waals surface area (Å²) in [6.07, 6.45) is -1.10. The van der Waals surface area contributed by atoms with E-state index >= 15 is 0 Å². The number of esters is 1. The number of halogens is 1. The van der Waals surface area contributed by atoms with Crippen molar-refractivity contribution in [2.45, 2.75) is 13.0 Å². The van der Waals surface area contributed by atoms with Gasteiger partial charge >= 0.3 is 5.97 Å². The molecule has 0 aromatic heterocycles. The molecule has 0 fully saturated rings. The Morgan fingerprint density at radius 1 is 0.833 bits per heavy atom. The van der Waals surface area contributed by atoms with Crippen molar-refractivity contribution in [3.63, 3.8) is 0 Å². The van der Waals surface area contributed by atoms with Crippen molar-refractivity contribution < 1.29 is 23.5 Å². The number of Topliss-reactive ketones (excluding diaryl/α,β-unsaturated/α-hetero) is 1. The van der Waals surface area contributed by atoms with E-state index in [1.807, 2.05) is 18.2 Å². The van der Waals surface area contributed by atoms with E-state index in [1.54, 1.807) is 31.3 Å². The fourth-order valence-electron chi connectivity index (χ4n) is 2.92. The van der Waals surface area contributed by atoms with E-state index in [-0.39, 0.29) is 22.6 Å². The van der Waals surface area contributed by atoms with Crippen LogP contribution in [-0.2, 0) is 4.74 Å². The minimum Gasteiger partial charge on any atom is -0.451 e. The van der Waals surface area contributed by atoms with Gasteiger partial charge in [0.05, 0.1) is 11.1 Å². The molecule has 152 valence electrons. The van der Waals surface area contributed by atoms with Crippen LogP contribution in [0.2, 0.25) is 0 Å². The SMILES string of the molecule is CC(OC(=O)c1ccccc1C(=O)N(C)c1ccccc1)C(=O)c1ccc(F)cc1. The smallest absolute Gasteiger partial charge is 0.339 e. The highest BCUT2D eigenvalue weighted by Crippen LogP contribution is 2.19. The summed E-state index contributed by atoms with van der Waals surface area (Å²) in [6, 6.07) is 20.3. The monoisotopic (exact) mass is 405 g/mol. The summed E-state index contributed by atoms with van der Waals surface area (Å²) in [5, 5.41) is 0. The van der Waals surface area contributed by atoms with Crippen molar-refractivity contribution in [2.24, 2.45) is 0 Å². The molecule has 0 aliphatic heterocycles. The van der Waals surface area contributed by atoms with E-state index in [2.05, 4.69) is 0 Å². The Labute approximate surface area is 173 Å². The lowest BCUT2D eigenvalue weighted by Crippen LogP contribution is -2.29. The van der Waals surface area contributed by atoms with Crippen LogP contribution in [0.1, 0.15) is 38.0 Å². The second-order valence-electron chi connectivity index (χ2n) is 6.66. The topological polar surface area (TPSA) is 63.7 Å². The van der Waals surface area contributed by atoms with Crippen molar-refractivity contribution >= 4 is 23.3 Å². The van der Waals surface area contributed by atoms with Crippen molar-refractivity contribution in [2.75, 3.05) is 11.9 Å². The van der Waals surface area contributed by atoms with Gasteiger partial charge in [0.15, 0.2) is 6.10 Å². The molecule has 1 atom stereocenters. The third-order valence-corrected chi connectivity index (χ3v) is 4.61. The van der Waals surface area contributed by atoms with Crippen molar-refractivity contribution in [3.8, 4) is 0 Å². The van der Waals surface area contributed by atoms with E-state index in [1.165, 1.54) is 36.1 Å². The highest BCUT2D eigenvalue weighted by Gasteiger charge is 2.25. The van der Waals surface area contributed by atoms with E-state index < -0.39 is 23.7 Å². The maximum atomic E-state index is 13.1. The molecule has 0 aliphatic rings. The summed E-state index contributed by atoms with van der Waals surface area (Å²) >= 11 is 0. The van der Waals surface area contributed by atoms with Crippen LogP contribution < -0.4 is 4.90 Å². The molecule has 0 spiro atoms. The van der Waals surface area contributed by atoms with E-state index in [4.69, 9.17) is 4.74 Å². The summed E-state index contributed by atoms with van der Waals surface area (Å²) in [5.74, 6) is -2.10. The Balaban J connectivity index is 1.79. The fourth-order valence-corrected chi connectivity index (χ4v) is 2.92. The van der Waals surface area contributed by atoms with Gasteiger partial charge in [0, 0.05) is 18.3 Å². The number of hydrogen-bond donors (Lipinski definition) is 0. The number of carbonyl (C=O) groups excluding carboxylic acids is 3. The van der Waals surface area contributed by atoms with Crippen LogP contribution in [0.15, 0.2) is 78.9 Å². The fraction of sp³-hybridized carbons (Fsp3) is 0.125. The standard InChI is InChI=1S/C24H20FNO4/c1-16(22(27)17-12-14-18(25)15-13-17)30-24(29)21-11-7-6-10-20(21)23(28)26(2)19-8-4-3-5-9-19/h3-16H,1-2H3. The first-order valence-electron chi connectivity index (χ1n) is 9.31. The van der Waals surface area contributed by atoms with E-state index in [0.717, 1.165) is 12.1 Å². The van der Waals surface area contributed by atoms with Crippen LogP contribution in [-0.4, -0.2) is 30.8 Å². The first-order chi connectivity index (χ1) is 14.4. The van der Waals surface area contributed by atoms with Gasteiger partial charge in [0.25, 0.3) is 5.91 Å². The predicted octanol–water partition coefficient (Wildman–Crippen LogP) is 4.53. The Kier molecular flexibility index (Phi) is 6.37. The summed E-state index contributed by atoms with van der Waals surface area (Å²) in [7, 11) is 1.61. The minimum absolute atomic E-state index is 0.0593.